The van der Waals surface area contributed by atoms with E-state index >= 15 is 0 Å². The van der Waals surface area contributed by atoms with Crippen LogP contribution in [0.1, 0.15) is 22.3 Å². The Morgan fingerprint density at radius 3 is 2.79 bits per heavy atom. The van der Waals surface area contributed by atoms with Crippen LogP contribution < -0.4 is 10.2 Å². The highest BCUT2D eigenvalue weighted by molar-refractivity contribution is 7.98. The van der Waals surface area contributed by atoms with E-state index in [1.54, 1.807) is 24.9 Å². The normalized spacial score (nSPS) is 13.2. The number of halogens is 1. The number of hydrogen-bond donors (Lipinski definition) is 1. The van der Waals surface area contributed by atoms with Gasteiger partial charge in [-0.25, -0.2) is 4.39 Å². The van der Waals surface area contributed by atoms with Crippen molar-refractivity contribution < 1.29 is 14.0 Å². The summed E-state index contributed by atoms with van der Waals surface area (Å²) in [7, 11) is 1.63. The van der Waals surface area contributed by atoms with Crippen molar-refractivity contribution >= 4 is 35.0 Å². The first-order valence-electron chi connectivity index (χ1n) is 7.54. The predicted octanol–water partition coefficient (Wildman–Crippen LogP) is 3.71. The molecule has 4 nitrogen and oxygen atoms in total. The van der Waals surface area contributed by atoms with E-state index in [0.717, 1.165) is 10.5 Å². The van der Waals surface area contributed by atoms with Crippen LogP contribution in [-0.2, 0) is 11.2 Å². The highest BCUT2D eigenvalue weighted by atomic mass is 32.2. The lowest BCUT2D eigenvalue weighted by Crippen LogP contribution is -2.28. The molecule has 2 amide bonds. The number of nitrogens with zero attached hydrogens (tertiary/aromatic N) is 1. The molecule has 6 heteroatoms. The lowest BCUT2D eigenvalue weighted by atomic mass is 9.99. The van der Waals surface area contributed by atoms with Gasteiger partial charge in [-0.1, -0.05) is 6.07 Å². The second-order valence-corrected chi connectivity index (χ2v) is 6.48. The maximum Gasteiger partial charge on any atom is 0.260 e. The van der Waals surface area contributed by atoms with Crippen molar-refractivity contribution in [2.24, 2.45) is 0 Å². The van der Waals surface area contributed by atoms with Gasteiger partial charge in [-0.2, -0.15) is 0 Å². The van der Waals surface area contributed by atoms with Crippen molar-refractivity contribution in [3.63, 3.8) is 0 Å². The highest BCUT2D eigenvalue weighted by Gasteiger charge is 2.23. The largest absolute Gasteiger partial charge is 0.326 e. The van der Waals surface area contributed by atoms with E-state index in [2.05, 4.69) is 5.32 Å². The van der Waals surface area contributed by atoms with Gasteiger partial charge in [0.15, 0.2) is 0 Å². The lowest BCUT2D eigenvalue weighted by molar-refractivity contribution is -0.116. The van der Waals surface area contributed by atoms with Gasteiger partial charge in [-0.3, -0.25) is 9.59 Å². The molecular formula is C18H17FN2O2S. The van der Waals surface area contributed by atoms with E-state index in [9.17, 15) is 14.0 Å². The molecule has 0 spiro atoms. The number of anilines is 2. The van der Waals surface area contributed by atoms with Crippen molar-refractivity contribution in [3.8, 4) is 0 Å². The third kappa shape index (κ3) is 3.14. The molecule has 0 unspecified atom stereocenters. The Morgan fingerprint density at radius 1 is 1.25 bits per heavy atom. The smallest absolute Gasteiger partial charge is 0.260 e. The Labute approximate surface area is 144 Å². The second-order valence-electron chi connectivity index (χ2n) is 5.60. The third-order valence-electron chi connectivity index (χ3n) is 4.06. The Balaban J connectivity index is 1.93. The number of rotatable bonds is 3. The quantitative estimate of drug-likeness (QED) is 0.864. The van der Waals surface area contributed by atoms with Gasteiger partial charge >= 0.3 is 0 Å². The number of amides is 2. The number of hydrogen-bond acceptors (Lipinski definition) is 3. The number of aryl methyl sites for hydroxylation is 1. The third-order valence-corrected chi connectivity index (χ3v) is 4.79. The Hall–Kier alpha value is -2.34. The molecule has 2 aromatic rings. The van der Waals surface area contributed by atoms with Gasteiger partial charge in [0.25, 0.3) is 5.91 Å². The summed E-state index contributed by atoms with van der Waals surface area (Å²) < 4.78 is 14.4. The van der Waals surface area contributed by atoms with E-state index in [1.165, 1.54) is 11.0 Å². The minimum absolute atomic E-state index is 0.0157. The molecule has 0 saturated carbocycles. The molecule has 0 atom stereocenters. The SMILES string of the molecule is CSc1cccc(N(C)C(=O)c2cc3c(cc2F)NC(=O)CC3)c1. The van der Waals surface area contributed by atoms with Gasteiger partial charge in [0.1, 0.15) is 5.82 Å². The zero-order chi connectivity index (χ0) is 17.3. The number of benzene rings is 2. The number of fused-ring (bicyclic) bond motifs is 1. The molecule has 0 radical (unpaired) electrons. The monoisotopic (exact) mass is 344 g/mol. The van der Waals surface area contributed by atoms with Crippen LogP contribution in [0.25, 0.3) is 0 Å². The highest BCUT2D eigenvalue weighted by Crippen LogP contribution is 2.28. The second kappa shape index (κ2) is 6.65. The first-order chi connectivity index (χ1) is 11.5. The first kappa shape index (κ1) is 16.5. The van der Waals surface area contributed by atoms with Crippen LogP contribution in [0.5, 0.6) is 0 Å². The Bertz CT molecular complexity index is 823. The Kier molecular flexibility index (Phi) is 4.57. The molecule has 0 bridgehead atoms. The molecule has 1 aliphatic heterocycles. The van der Waals surface area contributed by atoms with E-state index in [4.69, 9.17) is 0 Å². The summed E-state index contributed by atoms with van der Waals surface area (Å²) in [6.07, 6.45) is 2.81. The fourth-order valence-corrected chi connectivity index (χ4v) is 3.14. The van der Waals surface area contributed by atoms with Crippen LogP contribution in [-0.4, -0.2) is 25.1 Å². The van der Waals surface area contributed by atoms with Crippen molar-refractivity contribution in [1.82, 2.24) is 0 Å². The molecule has 124 valence electrons. The number of carbonyl (C=O) groups is 2. The maximum absolute atomic E-state index is 14.4. The summed E-state index contributed by atoms with van der Waals surface area (Å²) in [5.41, 5.74) is 1.96. The summed E-state index contributed by atoms with van der Waals surface area (Å²) in [5.74, 6) is -1.17. The molecule has 0 aliphatic carbocycles. The fourth-order valence-electron chi connectivity index (χ4n) is 2.68. The minimum atomic E-state index is -0.631. The van der Waals surface area contributed by atoms with Crippen molar-refractivity contribution in [2.75, 3.05) is 23.5 Å². The van der Waals surface area contributed by atoms with Crippen LogP contribution in [0.15, 0.2) is 41.3 Å². The van der Waals surface area contributed by atoms with E-state index in [0.29, 0.717) is 24.2 Å². The van der Waals surface area contributed by atoms with Crippen LogP contribution in [0, 0.1) is 5.82 Å². The molecule has 3 rings (SSSR count). The molecule has 0 saturated heterocycles. The van der Waals surface area contributed by atoms with Crippen molar-refractivity contribution in [2.45, 2.75) is 17.7 Å². The van der Waals surface area contributed by atoms with E-state index in [-0.39, 0.29) is 11.5 Å². The summed E-state index contributed by atoms with van der Waals surface area (Å²) in [5, 5.41) is 2.64. The average molecular weight is 344 g/mol. The van der Waals surface area contributed by atoms with Crippen molar-refractivity contribution in [3.05, 3.63) is 53.3 Å². The average Bonchev–Trinajstić information content (AvgIpc) is 2.59. The molecule has 0 aromatic heterocycles. The minimum Gasteiger partial charge on any atom is -0.326 e. The van der Waals surface area contributed by atoms with Crippen LogP contribution in [0.2, 0.25) is 0 Å². The summed E-state index contributed by atoms with van der Waals surface area (Å²) in [6.45, 7) is 0. The summed E-state index contributed by atoms with van der Waals surface area (Å²) in [6, 6.07) is 10.3. The van der Waals surface area contributed by atoms with Gasteiger partial charge in [0, 0.05) is 29.7 Å². The lowest BCUT2D eigenvalue weighted by Gasteiger charge is -2.21. The molecular weight excluding hydrogens is 327 g/mol. The van der Waals surface area contributed by atoms with E-state index < -0.39 is 11.7 Å². The first-order valence-corrected chi connectivity index (χ1v) is 8.76. The van der Waals surface area contributed by atoms with Gasteiger partial charge in [0.05, 0.1) is 5.56 Å². The fraction of sp³-hybridized carbons (Fsp3) is 0.222. The zero-order valence-corrected chi connectivity index (χ0v) is 14.2. The van der Waals surface area contributed by atoms with Gasteiger partial charge < -0.3 is 10.2 Å². The van der Waals surface area contributed by atoms with E-state index in [1.807, 2.05) is 30.5 Å². The van der Waals surface area contributed by atoms with Crippen molar-refractivity contribution in [1.29, 1.82) is 0 Å². The molecule has 0 fully saturated rings. The van der Waals surface area contributed by atoms with Crippen LogP contribution >= 0.6 is 11.8 Å². The van der Waals surface area contributed by atoms with Gasteiger partial charge in [0.2, 0.25) is 5.91 Å². The molecule has 1 aliphatic rings. The zero-order valence-electron chi connectivity index (χ0n) is 13.4. The van der Waals surface area contributed by atoms with Gasteiger partial charge in [-0.05, 0) is 48.6 Å². The summed E-state index contributed by atoms with van der Waals surface area (Å²) in [4.78, 5) is 26.6. The van der Waals surface area contributed by atoms with Gasteiger partial charge in [-0.15, -0.1) is 11.8 Å². The van der Waals surface area contributed by atoms with Crippen LogP contribution in [0.4, 0.5) is 15.8 Å². The maximum atomic E-state index is 14.4. The topological polar surface area (TPSA) is 49.4 Å². The van der Waals surface area contributed by atoms with Crippen LogP contribution in [0.3, 0.4) is 0 Å². The predicted molar refractivity (Wildman–Crippen MR) is 94.3 cm³/mol. The summed E-state index contributed by atoms with van der Waals surface area (Å²) >= 11 is 1.58. The number of nitrogens with one attached hydrogen (secondary N) is 1. The Morgan fingerprint density at radius 2 is 2.04 bits per heavy atom. The molecule has 1 N–H and O–H groups in total. The molecule has 1 heterocycles. The molecule has 2 aromatic carbocycles. The standard InChI is InChI=1S/C18H17FN2O2S/c1-21(12-4-3-5-13(9-12)24-2)18(23)14-8-11-6-7-17(22)20-16(11)10-15(14)19/h3-5,8-10H,6-7H2,1-2H3,(H,20,22). The number of carbonyl (C=O) groups excluding carboxylic acids is 2. The number of thioether (sulfide) groups is 1. The molecule has 24 heavy (non-hydrogen) atoms.